The smallest absolute Gasteiger partial charge is 0.404 e. The van der Waals surface area contributed by atoms with Crippen LogP contribution in [0.25, 0.3) is 0 Å². The van der Waals surface area contributed by atoms with Crippen molar-refractivity contribution in [2.24, 2.45) is 5.92 Å². The summed E-state index contributed by atoms with van der Waals surface area (Å²) in [5.74, 6) is 1.46. The zero-order valence-corrected chi connectivity index (χ0v) is 26.0. The highest BCUT2D eigenvalue weighted by Gasteiger charge is 2.32. The minimum Gasteiger partial charge on any atom is -0.494 e. The van der Waals surface area contributed by atoms with Crippen LogP contribution in [0.2, 0.25) is 0 Å². The molecule has 0 radical (unpaired) electrons. The summed E-state index contributed by atoms with van der Waals surface area (Å²) in [5.41, 5.74) is 0.775. The van der Waals surface area contributed by atoms with Crippen molar-refractivity contribution < 1.29 is 37.6 Å². The second kappa shape index (κ2) is 15.1. The number of nitrogens with one attached hydrogen (secondary N) is 1. The third-order valence-corrected chi connectivity index (χ3v) is 9.40. The molecule has 12 nitrogen and oxygen atoms in total. The molecule has 1 saturated heterocycles. The maximum absolute atomic E-state index is 13.6. The Morgan fingerprint density at radius 2 is 1.74 bits per heavy atom. The van der Waals surface area contributed by atoms with E-state index < -0.39 is 28.3 Å². The molecule has 13 heteroatoms. The molecule has 2 aromatic rings. The Hall–Kier alpha value is -3.10. The standard InChI is InChI=1S/C30H44N4O8S/c1-22(2)19-34(43(38,39)25-9-10-28-29(18-25)42-21-41-28)20-27(35)26(31-30(36)37)17-23-5-7-24(8-6-23)40-16-4-11-33-14-12-32(3)13-15-33/h5-10,18,22,26-27,31,35H,4,11-17,19-21H2,1-3H3,(H,36,37)/t26-,27+/m0/s1. The van der Waals surface area contributed by atoms with Crippen LogP contribution in [0.4, 0.5) is 4.79 Å². The summed E-state index contributed by atoms with van der Waals surface area (Å²) >= 11 is 0. The molecule has 0 aliphatic carbocycles. The molecule has 0 saturated carbocycles. The number of piperazine rings is 1. The number of benzene rings is 2. The number of carbonyl (C=O) groups is 1. The van der Waals surface area contributed by atoms with E-state index in [2.05, 4.69) is 22.2 Å². The second-order valence-corrected chi connectivity index (χ2v) is 13.5. The number of fused-ring (bicyclic) bond motifs is 1. The molecule has 2 aliphatic rings. The molecule has 43 heavy (non-hydrogen) atoms. The Bertz CT molecular complexity index is 1300. The van der Waals surface area contributed by atoms with Gasteiger partial charge in [-0.3, -0.25) is 0 Å². The van der Waals surface area contributed by atoms with E-state index in [1.165, 1.54) is 22.5 Å². The van der Waals surface area contributed by atoms with Gasteiger partial charge in [-0.1, -0.05) is 26.0 Å². The summed E-state index contributed by atoms with van der Waals surface area (Å²) in [7, 11) is -1.89. The van der Waals surface area contributed by atoms with Crippen molar-refractivity contribution in [2.45, 2.75) is 43.7 Å². The first-order valence-corrected chi connectivity index (χ1v) is 16.1. The van der Waals surface area contributed by atoms with Gasteiger partial charge in [0.1, 0.15) is 5.75 Å². The van der Waals surface area contributed by atoms with E-state index >= 15 is 0 Å². The summed E-state index contributed by atoms with van der Waals surface area (Å²) in [6.07, 6.45) is -1.54. The molecule has 1 fully saturated rings. The van der Waals surface area contributed by atoms with Crippen molar-refractivity contribution in [1.82, 2.24) is 19.4 Å². The van der Waals surface area contributed by atoms with Crippen molar-refractivity contribution in [3.63, 3.8) is 0 Å². The van der Waals surface area contributed by atoms with Gasteiger partial charge in [-0.05, 0) is 55.6 Å². The summed E-state index contributed by atoms with van der Waals surface area (Å²) in [6, 6.07) is 10.7. The minimum atomic E-state index is -4.03. The van der Waals surface area contributed by atoms with Gasteiger partial charge in [0, 0.05) is 51.9 Å². The fraction of sp³-hybridized carbons (Fsp3) is 0.567. The molecule has 4 rings (SSSR count). The Balaban J connectivity index is 1.36. The van der Waals surface area contributed by atoms with Gasteiger partial charge in [0.25, 0.3) is 0 Å². The predicted octanol–water partition coefficient (Wildman–Crippen LogP) is 2.32. The Labute approximate surface area is 254 Å². The molecular formula is C30H44N4O8S. The fourth-order valence-corrected chi connectivity index (χ4v) is 6.81. The summed E-state index contributed by atoms with van der Waals surface area (Å²) in [5, 5.41) is 23.0. The third-order valence-electron chi connectivity index (χ3n) is 7.58. The number of rotatable bonds is 15. The van der Waals surface area contributed by atoms with Crippen molar-refractivity contribution in [2.75, 3.05) is 66.3 Å². The molecule has 2 aromatic carbocycles. The van der Waals surface area contributed by atoms with Crippen LogP contribution < -0.4 is 19.5 Å². The number of sulfonamides is 1. The normalized spacial score (nSPS) is 17.3. The third kappa shape index (κ3) is 9.44. The van der Waals surface area contributed by atoms with E-state index in [1.807, 2.05) is 38.1 Å². The van der Waals surface area contributed by atoms with Gasteiger partial charge >= 0.3 is 6.09 Å². The Morgan fingerprint density at radius 3 is 2.42 bits per heavy atom. The fourth-order valence-electron chi connectivity index (χ4n) is 5.17. The van der Waals surface area contributed by atoms with E-state index in [0.717, 1.165) is 44.7 Å². The maximum Gasteiger partial charge on any atom is 0.404 e. The van der Waals surface area contributed by atoms with E-state index in [9.17, 15) is 23.4 Å². The number of amides is 1. The van der Waals surface area contributed by atoms with E-state index in [1.54, 1.807) is 0 Å². The first kappa shape index (κ1) is 32.8. The average Bonchev–Trinajstić information content (AvgIpc) is 3.44. The van der Waals surface area contributed by atoms with Gasteiger partial charge in [0.05, 0.1) is 23.6 Å². The lowest BCUT2D eigenvalue weighted by Gasteiger charge is -2.32. The van der Waals surface area contributed by atoms with Crippen LogP contribution in [0.15, 0.2) is 47.4 Å². The van der Waals surface area contributed by atoms with E-state index in [-0.39, 0.29) is 37.1 Å². The summed E-state index contributed by atoms with van der Waals surface area (Å²) < 4.78 is 45.0. The van der Waals surface area contributed by atoms with Gasteiger partial charge in [-0.15, -0.1) is 0 Å². The number of ether oxygens (including phenoxy) is 3. The number of hydrogen-bond donors (Lipinski definition) is 3. The summed E-state index contributed by atoms with van der Waals surface area (Å²) in [6.45, 7) is 9.49. The van der Waals surface area contributed by atoms with Gasteiger partial charge in [-0.2, -0.15) is 4.31 Å². The topological polar surface area (TPSA) is 141 Å². The number of nitrogens with zero attached hydrogens (tertiary/aromatic N) is 3. The van der Waals surface area contributed by atoms with Crippen molar-refractivity contribution in [3.05, 3.63) is 48.0 Å². The zero-order chi connectivity index (χ0) is 31.0. The second-order valence-electron chi connectivity index (χ2n) is 11.5. The minimum absolute atomic E-state index is 0.00599. The number of aliphatic hydroxyl groups is 1. The monoisotopic (exact) mass is 620 g/mol. The van der Waals surface area contributed by atoms with Crippen LogP contribution in [0.5, 0.6) is 17.2 Å². The van der Waals surface area contributed by atoms with Crippen molar-refractivity contribution in [1.29, 1.82) is 0 Å². The lowest BCUT2D eigenvalue weighted by atomic mass is 10.0. The predicted molar refractivity (Wildman–Crippen MR) is 161 cm³/mol. The number of carboxylic acid groups (broad SMARTS) is 1. The highest BCUT2D eigenvalue weighted by atomic mass is 32.2. The highest BCUT2D eigenvalue weighted by molar-refractivity contribution is 7.89. The number of hydrogen-bond acceptors (Lipinski definition) is 9. The molecule has 2 atom stereocenters. The van der Waals surface area contributed by atoms with Crippen LogP contribution in [0.1, 0.15) is 25.8 Å². The highest BCUT2D eigenvalue weighted by Crippen LogP contribution is 2.35. The molecule has 2 aliphatic heterocycles. The van der Waals surface area contributed by atoms with Crippen LogP contribution in [-0.4, -0.2) is 117 Å². The van der Waals surface area contributed by atoms with E-state index in [4.69, 9.17) is 14.2 Å². The number of likely N-dealkylation sites (N-methyl/N-ethyl adjacent to an activating group) is 1. The van der Waals surface area contributed by atoms with Crippen LogP contribution in [0.3, 0.4) is 0 Å². The van der Waals surface area contributed by atoms with Gasteiger partial charge in [-0.25, -0.2) is 13.2 Å². The largest absolute Gasteiger partial charge is 0.494 e. The quantitative estimate of drug-likeness (QED) is 0.254. The number of aliphatic hydroxyl groups excluding tert-OH is 1. The molecule has 238 valence electrons. The molecular weight excluding hydrogens is 576 g/mol. The molecule has 2 heterocycles. The first-order chi connectivity index (χ1) is 20.5. The van der Waals surface area contributed by atoms with Crippen LogP contribution >= 0.6 is 0 Å². The molecule has 0 bridgehead atoms. The van der Waals surface area contributed by atoms with Crippen molar-refractivity contribution in [3.8, 4) is 17.2 Å². The maximum atomic E-state index is 13.6. The van der Waals surface area contributed by atoms with E-state index in [0.29, 0.717) is 23.9 Å². The zero-order valence-electron chi connectivity index (χ0n) is 25.1. The molecule has 3 N–H and O–H groups in total. The lowest BCUT2D eigenvalue weighted by molar-refractivity contribution is 0.0980. The molecule has 0 aromatic heterocycles. The lowest BCUT2D eigenvalue weighted by Crippen LogP contribution is -2.50. The average molecular weight is 621 g/mol. The van der Waals surface area contributed by atoms with Crippen LogP contribution in [0, 0.1) is 5.92 Å². The molecule has 0 spiro atoms. The van der Waals surface area contributed by atoms with Crippen molar-refractivity contribution >= 4 is 16.1 Å². The Kier molecular flexibility index (Phi) is 11.5. The molecule has 1 amide bonds. The SMILES string of the molecule is CC(C)CN(C[C@@H](O)[C@H](Cc1ccc(OCCCN2CCN(C)CC2)cc1)NC(=O)O)S(=O)(=O)c1ccc2c(c1)OCO2. The van der Waals surface area contributed by atoms with Crippen LogP contribution in [-0.2, 0) is 16.4 Å². The van der Waals surface area contributed by atoms with Gasteiger partial charge < -0.3 is 39.5 Å². The first-order valence-electron chi connectivity index (χ1n) is 14.7. The Morgan fingerprint density at radius 1 is 1.05 bits per heavy atom. The molecule has 0 unspecified atom stereocenters. The van der Waals surface area contributed by atoms with Gasteiger partial charge in [0.2, 0.25) is 16.8 Å². The van der Waals surface area contributed by atoms with Gasteiger partial charge in [0.15, 0.2) is 11.5 Å². The summed E-state index contributed by atoms with van der Waals surface area (Å²) in [4.78, 5) is 16.4.